The second kappa shape index (κ2) is 4.72. The summed E-state index contributed by atoms with van der Waals surface area (Å²) >= 11 is 0. The van der Waals surface area contributed by atoms with E-state index in [0.717, 1.165) is 0 Å². The van der Waals surface area contributed by atoms with Crippen molar-refractivity contribution in [2.24, 2.45) is 0 Å². The Bertz CT molecular complexity index is 174. The molecule has 0 saturated carbocycles. The van der Waals surface area contributed by atoms with E-state index in [-0.39, 0.29) is 19.3 Å². The maximum atomic E-state index is 10.3. The topological polar surface area (TPSA) is 57.5 Å². The lowest BCUT2D eigenvalue weighted by atomic mass is 9.92. The van der Waals surface area contributed by atoms with E-state index in [1.807, 2.05) is 0 Å². The summed E-state index contributed by atoms with van der Waals surface area (Å²) in [5.41, 5.74) is -1.21. The van der Waals surface area contributed by atoms with Crippen molar-refractivity contribution in [2.75, 3.05) is 0 Å². The van der Waals surface area contributed by atoms with Crippen molar-refractivity contribution in [3.05, 3.63) is 25.3 Å². The fourth-order valence-electron chi connectivity index (χ4n) is 1.05. The van der Waals surface area contributed by atoms with Gasteiger partial charge in [0, 0.05) is 0 Å². The van der Waals surface area contributed by atoms with Gasteiger partial charge in [0.2, 0.25) is 0 Å². The van der Waals surface area contributed by atoms with Crippen LogP contribution in [0.15, 0.2) is 25.3 Å². The van der Waals surface area contributed by atoms with E-state index in [1.54, 1.807) is 0 Å². The molecule has 2 N–H and O–H groups in total. The highest BCUT2D eigenvalue weighted by molar-refractivity contribution is 5.68. The Morgan fingerprint density at radius 3 is 2.00 bits per heavy atom. The molecular weight excluding hydrogens is 156 g/mol. The van der Waals surface area contributed by atoms with Gasteiger partial charge in [-0.1, -0.05) is 12.2 Å². The fraction of sp³-hybridized carbons (Fsp3) is 0.444. The average molecular weight is 170 g/mol. The molecule has 0 aromatic heterocycles. The summed E-state index contributed by atoms with van der Waals surface area (Å²) in [6.07, 6.45) is 3.28. The molecule has 0 heterocycles. The summed E-state index contributed by atoms with van der Waals surface area (Å²) < 4.78 is 0. The molecule has 3 nitrogen and oxygen atoms in total. The number of carbonyl (C=O) groups is 1. The van der Waals surface area contributed by atoms with Crippen molar-refractivity contribution in [3.63, 3.8) is 0 Å². The highest BCUT2D eigenvalue weighted by Gasteiger charge is 2.26. The van der Waals surface area contributed by atoms with Crippen LogP contribution in [0.4, 0.5) is 0 Å². The molecular formula is C9H14O3. The zero-order chi connectivity index (χ0) is 9.61. The lowest BCUT2D eigenvalue weighted by Gasteiger charge is -2.22. The van der Waals surface area contributed by atoms with Crippen LogP contribution in [0.5, 0.6) is 0 Å². The molecule has 0 aromatic rings. The van der Waals surface area contributed by atoms with Crippen molar-refractivity contribution in [2.45, 2.75) is 24.9 Å². The Morgan fingerprint density at radius 1 is 1.33 bits per heavy atom. The van der Waals surface area contributed by atoms with Crippen molar-refractivity contribution in [1.82, 2.24) is 0 Å². The summed E-state index contributed by atoms with van der Waals surface area (Å²) in [5.74, 6) is -1.01. The van der Waals surface area contributed by atoms with Gasteiger partial charge in [-0.3, -0.25) is 4.79 Å². The quantitative estimate of drug-likeness (QED) is 0.591. The predicted molar refractivity (Wildman–Crippen MR) is 46.8 cm³/mol. The number of rotatable bonds is 6. The number of carboxylic acids is 1. The van der Waals surface area contributed by atoms with E-state index in [0.29, 0.717) is 0 Å². The fourth-order valence-corrected chi connectivity index (χ4v) is 1.05. The van der Waals surface area contributed by atoms with Gasteiger partial charge in [-0.2, -0.15) is 0 Å². The molecule has 0 aliphatic heterocycles. The normalized spacial score (nSPS) is 10.8. The van der Waals surface area contributed by atoms with Crippen molar-refractivity contribution >= 4 is 5.97 Å². The first-order valence-electron chi connectivity index (χ1n) is 3.70. The van der Waals surface area contributed by atoms with Crippen LogP contribution in [0.2, 0.25) is 0 Å². The van der Waals surface area contributed by atoms with E-state index in [2.05, 4.69) is 13.2 Å². The van der Waals surface area contributed by atoms with Gasteiger partial charge in [-0.25, -0.2) is 0 Å². The van der Waals surface area contributed by atoms with Gasteiger partial charge in [0.1, 0.15) is 0 Å². The predicted octanol–water partition coefficient (Wildman–Crippen LogP) is 1.34. The first kappa shape index (κ1) is 10.9. The SMILES string of the molecule is C=CCC(O)(CC=C)CC(=O)O. The molecule has 0 aliphatic carbocycles. The number of hydrogen-bond acceptors (Lipinski definition) is 2. The molecule has 0 aromatic carbocycles. The Kier molecular flexibility index (Phi) is 4.29. The first-order valence-corrected chi connectivity index (χ1v) is 3.70. The molecule has 0 spiro atoms. The van der Waals surface area contributed by atoms with Gasteiger partial charge >= 0.3 is 5.97 Å². The summed E-state index contributed by atoms with van der Waals surface area (Å²) in [6.45, 7) is 6.90. The molecule has 12 heavy (non-hydrogen) atoms. The molecule has 0 aliphatic rings. The van der Waals surface area contributed by atoms with E-state index < -0.39 is 11.6 Å². The van der Waals surface area contributed by atoms with E-state index in [4.69, 9.17) is 5.11 Å². The lowest BCUT2D eigenvalue weighted by Crippen LogP contribution is -2.30. The Morgan fingerprint density at radius 2 is 1.75 bits per heavy atom. The highest BCUT2D eigenvalue weighted by atomic mass is 16.4. The number of aliphatic hydroxyl groups is 1. The third-order valence-corrected chi connectivity index (χ3v) is 1.53. The average Bonchev–Trinajstić information content (AvgIpc) is 1.85. The van der Waals surface area contributed by atoms with E-state index in [1.165, 1.54) is 12.2 Å². The van der Waals surface area contributed by atoms with Crippen LogP contribution in [-0.2, 0) is 4.79 Å². The maximum Gasteiger partial charge on any atom is 0.306 e. The summed E-state index contributed by atoms with van der Waals surface area (Å²) in [4.78, 5) is 10.3. The monoisotopic (exact) mass is 170 g/mol. The van der Waals surface area contributed by atoms with Gasteiger partial charge in [0.15, 0.2) is 0 Å². The third-order valence-electron chi connectivity index (χ3n) is 1.53. The minimum atomic E-state index is -1.21. The molecule has 0 bridgehead atoms. The first-order chi connectivity index (χ1) is 5.54. The van der Waals surface area contributed by atoms with Crippen LogP contribution < -0.4 is 0 Å². The van der Waals surface area contributed by atoms with Crippen molar-refractivity contribution < 1.29 is 15.0 Å². The molecule has 3 heteroatoms. The van der Waals surface area contributed by atoms with Crippen LogP contribution in [-0.4, -0.2) is 21.8 Å². The van der Waals surface area contributed by atoms with Crippen LogP contribution in [0.1, 0.15) is 19.3 Å². The lowest BCUT2D eigenvalue weighted by molar-refractivity contribution is -0.142. The van der Waals surface area contributed by atoms with Gasteiger partial charge in [0.25, 0.3) is 0 Å². The standard InChI is InChI=1S/C9H14O3/c1-3-5-9(12,6-4-2)7-8(10)11/h3-4,12H,1-2,5-7H2,(H,10,11). The Balaban J connectivity index is 4.25. The second-order valence-corrected chi connectivity index (χ2v) is 2.78. The largest absolute Gasteiger partial charge is 0.481 e. The van der Waals surface area contributed by atoms with Gasteiger partial charge in [0.05, 0.1) is 12.0 Å². The molecule has 0 amide bonds. The molecule has 0 rings (SSSR count). The zero-order valence-corrected chi connectivity index (χ0v) is 6.99. The Hall–Kier alpha value is -1.09. The van der Waals surface area contributed by atoms with Crippen LogP contribution in [0.3, 0.4) is 0 Å². The van der Waals surface area contributed by atoms with Crippen LogP contribution >= 0.6 is 0 Å². The summed E-state index contributed by atoms with van der Waals surface area (Å²) in [7, 11) is 0. The molecule has 68 valence electrons. The number of carboxylic acid groups (broad SMARTS) is 1. The maximum absolute atomic E-state index is 10.3. The van der Waals surface area contributed by atoms with Crippen molar-refractivity contribution in [3.8, 4) is 0 Å². The minimum Gasteiger partial charge on any atom is -0.481 e. The molecule has 0 unspecified atom stereocenters. The zero-order valence-electron chi connectivity index (χ0n) is 6.99. The van der Waals surface area contributed by atoms with Gasteiger partial charge in [-0.15, -0.1) is 13.2 Å². The van der Waals surface area contributed by atoms with E-state index in [9.17, 15) is 9.90 Å². The number of aliphatic carboxylic acids is 1. The van der Waals surface area contributed by atoms with Gasteiger partial charge in [-0.05, 0) is 12.8 Å². The third kappa shape index (κ3) is 3.93. The molecule has 0 saturated heterocycles. The van der Waals surface area contributed by atoms with Crippen LogP contribution in [0, 0.1) is 0 Å². The summed E-state index contributed by atoms with van der Waals surface area (Å²) in [5, 5.41) is 18.1. The molecule has 0 radical (unpaired) electrons. The molecule has 0 atom stereocenters. The number of hydrogen-bond donors (Lipinski definition) is 2. The highest BCUT2D eigenvalue weighted by Crippen LogP contribution is 2.20. The molecule has 0 fully saturated rings. The smallest absolute Gasteiger partial charge is 0.306 e. The summed E-state index contributed by atoms with van der Waals surface area (Å²) in [6, 6.07) is 0. The second-order valence-electron chi connectivity index (χ2n) is 2.78. The van der Waals surface area contributed by atoms with Crippen LogP contribution in [0.25, 0.3) is 0 Å². The Labute approximate surface area is 72.0 Å². The van der Waals surface area contributed by atoms with Gasteiger partial charge < -0.3 is 10.2 Å². The minimum absolute atomic E-state index is 0.269. The van der Waals surface area contributed by atoms with Crippen molar-refractivity contribution in [1.29, 1.82) is 0 Å². The van der Waals surface area contributed by atoms with E-state index >= 15 is 0 Å².